The van der Waals surface area contributed by atoms with Crippen LogP contribution >= 0.6 is 0 Å². The van der Waals surface area contributed by atoms with Crippen molar-refractivity contribution in [2.24, 2.45) is 0 Å². The van der Waals surface area contributed by atoms with Crippen LogP contribution in [0.2, 0.25) is 0 Å². The van der Waals surface area contributed by atoms with Crippen LogP contribution in [0.25, 0.3) is 0 Å². The third-order valence-electron chi connectivity index (χ3n) is 4.82. The van der Waals surface area contributed by atoms with Crippen LogP contribution in [0.1, 0.15) is 30.4 Å². The van der Waals surface area contributed by atoms with Crippen LogP contribution in [0.3, 0.4) is 0 Å². The lowest BCUT2D eigenvalue weighted by molar-refractivity contribution is -0.383. The molecule has 0 amide bonds. The van der Waals surface area contributed by atoms with Crippen LogP contribution in [0.4, 0.5) is 23.0 Å². The molecule has 0 saturated carbocycles. The number of hydrogen-bond acceptors (Lipinski definition) is 7. The lowest BCUT2D eigenvalue weighted by Gasteiger charge is -2.26. The summed E-state index contributed by atoms with van der Waals surface area (Å²) in [6, 6.07) is 5.93. The van der Waals surface area contributed by atoms with Crippen LogP contribution in [0.5, 0.6) is 0 Å². The van der Waals surface area contributed by atoms with Crippen LogP contribution < -0.4 is 10.6 Å². The van der Waals surface area contributed by atoms with Crippen molar-refractivity contribution in [1.29, 1.82) is 0 Å². The largest absolute Gasteiger partial charge is 0.363 e. The van der Waals surface area contributed by atoms with Gasteiger partial charge in [-0.2, -0.15) is 0 Å². The van der Waals surface area contributed by atoms with E-state index in [0.717, 1.165) is 36.4 Å². The number of nitro groups is 1. The second-order valence-electron chi connectivity index (χ2n) is 6.95. The quantitative estimate of drug-likeness (QED) is 0.567. The van der Waals surface area contributed by atoms with Crippen LogP contribution in [0.15, 0.2) is 24.5 Å². The average Bonchev–Trinajstić information content (AvgIpc) is 2.65. The van der Waals surface area contributed by atoms with Crippen molar-refractivity contribution in [3.63, 3.8) is 0 Å². The molecule has 27 heavy (non-hydrogen) atoms. The van der Waals surface area contributed by atoms with Gasteiger partial charge in [-0.25, -0.2) is 9.97 Å². The predicted octanol–water partition coefficient (Wildman–Crippen LogP) is 3.64. The maximum atomic E-state index is 11.7. The topological polar surface area (TPSA) is 96.2 Å². The summed E-state index contributed by atoms with van der Waals surface area (Å²) in [4.78, 5) is 21.8. The van der Waals surface area contributed by atoms with E-state index in [4.69, 9.17) is 0 Å². The molecule has 1 aliphatic heterocycles. The van der Waals surface area contributed by atoms with E-state index in [2.05, 4.69) is 25.5 Å². The van der Waals surface area contributed by atoms with Gasteiger partial charge in [0.1, 0.15) is 6.33 Å². The molecule has 1 aromatic carbocycles. The second-order valence-corrected chi connectivity index (χ2v) is 6.95. The zero-order valence-electron chi connectivity index (χ0n) is 15.9. The smallest absolute Gasteiger partial charge is 0.353 e. The van der Waals surface area contributed by atoms with E-state index in [1.165, 1.54) is 25.6 Å². The Morgan fingerprint density at radius 1 is 1.15 bits per heavy atom. The number of piperidine rings is 1. The monoisotopic (exact) mass is 370 g/mol. The molecule has 8 heteroatoms. The molecule has 0 radical (unpaired) electrons. The molecule has 0 bridgehead atoms. The normalized spacial score (nSPS) is 14.7. The van der Waals surface area contributed by atoms with Gasteiger partial charge < -0.3 is 15.5 Å². The molecule has 0 unspecified atom stereocenters. The summed E-state index contributed by atoms with van der Waals surface area (Å²) in [7, 11) is 0. The van der Waals surface area contributed by atoms with Crippen molar-refractivity contribution >= 4 is 23.0 Å². The fraction of sp³-hybridized carbons (Fsp3) is 0.474. The maximum absolute atomic E-state index is 11.7. The average molecular weight is 370 g/mol. The number of aromatic nitrogens is 2. The van der Waals surface area contributed by atoms with Crippen LogP contribution in [0, 0.1) is 24.0 Å². The molecule has 144 valence electrons. The molecule has 2 heterocycles. The van der Waals surface area contributed by atoms with E-state index < -0.39 is 4.92 Å². The predicted molar refractivity (Wildman–Crippen MR) is 107 cm³/mol. The molecular weight excluding hydrogens is 344 g/mol. The molecule has 2 N–H and O–H groups in total. The number of nitrogens with one attached hydrogen (secondary N) is 2. The zero-order chi connectivity index (χ0) is 19.2. The lowest BCUT2D eigenvalue weighted by atomic mass is 10.1. The first-order valence-electron chi connectivity index (χ1n) is 9.34. The molecule has 3 rings (SSSR count). The molecule has 8 nitrogen and oxygen atoms in total. The zero-order valence-corrected chi connectivity index (χ0v) is 15.9. The van der Waals surface area contributed by atoms with Gasteiger partial charge in [0.2, 0.25) is 11.6 Å². The highest BCUT2D eigenvalue weighted by Crippen LogP contribution is 2.32. The third-order valence-corrected chi connectivity index (χ3v) is 4.82. The number of hydrogen-bond donors (Lipinski definition) is 2. The Hall–Kier alpha value is -2.74. The van der Waals surface area contributed by atoms with Crippen molar-refractivity contribution in [3.05, 3.63) is 45.8 Å². The summed E-state index contributed by atoms with van der Waals surface area (Å²) < 4.78 is 0. The summed E-state index contributed by atoms with van der Waals surface area (Å²) in [5.74, 6) is 0.448. The fourth-order valence-electron chi connectivity index (χ4n) is 3.29. The van der Waals surface area contributed by atoms with Gasteiger partial charge in [-0.3, -0.25) is 10.1 Å². The Morgan fingerprint density at radius 2 is 1.89 bits per heavy atom. The summed E-state index contributed by atoms with van der Waals surface area (Å²) in [6.07, 6.45) is 5.08. The minimum absolute atomic E-state index is 0.128. The first-order valence-corrected chi connectivity index (χ1v) is 9.34. The van der Waals surface area contributed by atoms with Crippen molar-refractivity contribution in [2.45, 2.75) is 33.1 Å². The van der Waals surface area contributed by atoms with Gasteiger partial charge in [0.25, 0.3) is 0 Å². The molecule has 1 saturated heterocycles. The number of benzene rings is 1. The number of rotatable bonds is 7. The van der Waals surface area contributed by atoms with Gasteiger partial charge in [-0.15, -0.1) is 0 Å². The maximum Gasteiger partial charge on any atom is 0.353 e. The minimum atomic E-state index is -0.434. The SMILES string of the molecule is Cc1ccc(C)c(Nc2ncnc(NCCN3CCCCC3)c2[N+](=O)[O-])c1. The Labute approximate surface area is 159 Å². The number of aryl methyl sites for hydroxylation is 2. The van der Waals surface area contributed by atoms with Crippen LogP contribution in [-0.4, -0.2) is 46.0 Å². The molecule has 1 aromatic heterocycles. The van der Waals surface area contributed by atoms with Gasteiger partial charge >= 0.3 is 5.69 Å². The highest BCUT2D eigenvalue weighted by Gasteiger charge is 2.23. The Bertz CT molecular complexity index is 805. The summed E-state index contributed by atoms with van der Waals surface area (Å²) in [5.41, 5.74) is 2.74. The van der Waals surface area contributed by atoms with Gasteiger partial charge in [0, 0.05) is 18.8 Å². The second kappa shape index (κ2) is 8.77. The third kappa shape index (κ3) is 4.91. The highest BCUT2D eigenvalue weighted by molar-refractivity contribution is 5.74. The molecule has 0 aliphatic carbocycles. The number of nitrogens with zero attached hydrogens (tertiary/aromatic N) is 4. The molecule has 2 aromatic rings. The van der Waals surface area contributed by atoms with Crippen molar-refractivity contribution < 1.29 is 4.92 Å². The van der Waals surface area contributed by atoms with Crippen LogP contribution in [-0.2, 0) is 0 Å². The summed E-state index contributed by atoms with van der Waals surface area (Å²) >= 11 is 0. The number of likely N-dealkylation sites (tertiary alicyclic amines) is 1. The Morgan fingerprint density at radius 3 is 2.63 bits per heavy atom. The first-order chi connectivity index (χ1) is 13.0. The molecular formula is C19H26N6O2. The minimum Gasteiger partial charge on any atom is -0.363 e. The van der Waals surface area contributed by atoms with Gasteiger partial charge in [-0.1, -0.05) is 18.6 Å². The van der Waals surface area contributed by atoms with E-state index in [9.17, 15) is 10.1 Å². The van der Waals surface area contributed by atoms with Crippen molar-refractivity contribution in [1.82, 2.24) is 14.9 Å². The summed E-state index contributed by atoms with van der Waals surface area (Å²) in [5, 5.41) is 17.9. The molecule has 0 atom stereocenters. The van der Waals surface area contributed by atoms with E-state index in [0.29, 0.717) is 6.54 Å². The Balaban J connectivity index is 1.75. The first kappa shape index (κ1) is 19.0. The van der Waals surface area contributed by atoms with Gasteiger partial charge in [-0.05, 0) is 57.0 Å². The Kier molecular flexibility index (Phi) is 6.18. The van der Waals surface area contributed by atoms with Crippen molar-refractivity contribution in [3.8, 4) is 0 Å². The fourth-order valence-corrected chi connectivity index (χ4v) is 3.29. The molecule has 1 aliphatic rings. The standard InChI is InChI=1S/C19H26N6O2/c1-14-6-7-15(2)16(12-14)23-19-17(25(26)27)18(21-13-22-19)20-8-11-24-9-4-3-5-10-24/h6-7,12-13H,3-5,8-11H2,1-2H3,(H2,20,21,22,23). The summed E-state index contributed by atoms with van der Waals surface area (Å²) in [6.45, 7) is 7.57. The van der Waals surface area contributed by atoms with Gasteiger partial charge in [0.15, 0.2) is 0 Å². The molecule has 0 spiro atoms. The van der Waals surface area contributed by atoms with E-state index in [1.807, 2.05) is 32.0 Å². The van der Waals surface area contributed by atoms with Crippen molar-refractivity contribution in [2.75, 3.05) is 36.8 Å². The van der Waals surface area contributed by atoms with Gasteiger partial charge in [0.05, 0.1) is 4.92 Å². The highest BCUT2D eigenvalue weighted by atomic mass is 16.6. The van der Waals surface area contributed by atoms with E-state index in [1.54, 1.807) is 0 Å². The van der Waals surface area contributed by atoms with E-state index in [-0.39, 0.29) is 17.3 Å². The lowest BCUT2D eigenvalue weighted by Crippen LogP contribution is -2.33. The van der Waals surface area contributed by atoms with E-state index >= 15 is 0 Å². The number of anilines is 3. The molecule has 1 fully saturated rings.